The lowest BCUT2D eigenvalue weighted by atomic mass is 9.89. The molecule has 4 N–H and O–H groups in total. The lowest BCUT2D eigenvalue weighted by molar-refractivity contribution is -0.121. The quantitative estimate of drug-likeness (QED) is 0.312. The van der Waals surface area contributed by atoms with Gasteiger partial charge in [0.1, 0.15) is 0 Å². The third-order valence-corrected chi connectivity index (χ3v) is 5.77. The molecule has 0 radical (unpaired) electrons. The van der Waals surface area contributed by atoms with Crippen LogP contribution in [-0.4, -0.2) is 46.1 Å². The summed E-state index contributed by atoms with van der Waals surface area (Å²) in [6.45, 7) is 2.57. The van der Waals surface area contributed by atoms with E-state index in [1.165, 1.54) is 5.56 Å². The lowest BCUT2D eigenvalue weighted by Gasteiger charge is -2.19. The zero-order valence-electron chi connectivity index (χ0n) is 18.0. The van der Waals surface area contributed by atoms with Crippen LogP contribution in [-0.2, 0) is 11.2 Å². The molecule has 1 aliphatic carbocycles. The Bertz CT molecular complexity index is 673. The van der Waals surface area contributed by atoms with E-state index in [-0.39, 0.29) is 17.7 Å². The van der Waals surface area contributed by atoms with Crippen molar-refractivity contribution in [2.45, 2.75) is 70.2 Å². The first-order valence-corrected chi connectivity index (χ1v) is 11.2. The van der Waals surface area contributed by atoms with Crippen molar-refractivity contribution in [3.05, 3.63) is 60.2 Å². The van der Waals surface area contributed by atoms with Crippen molar-refractivity contribution in [1.29, 1.82) is 0 Å². The van der Waals surface area contributed by atoms with Gasteiger partial charge < -0.3 is 20.6 Å². The summed E-state index contributed by atoms with van der Waals surface area (Å²) in [7, 11) is 0. The van der Waals surface area contributed by atoms with Gasteiger partial charge in [-0.2, -0.15) is 0 Å². The topological polar surface area (TPSA) is 89.8 Å². The van der Waals surface area contributed by atoms with E-state index in [9.17, 15) is 20.1 Å². The van der Waals surface area contributed by atoms with Crippen molar-refractivity contribution in [2.24, 2.45) is 11.8 Å². The monoisotopic (exact) mass is 415 g/mol. The molecule has 1 saturated carbocycles. The fourth-order valence-corrected chi connectivity index (χ4v) is 4.06. The Balaban J connectivity index is 1.78. The summed E-state index contributed by atoms with van der Waals surface area (Å²) >= 11 is 0. The molecule has 166 valence electrons. The Morgan fingerprint density at radius 2 is 1.97 bits per heavy atom. The maximum absolute atomic E-state index is 11.4. The molecule has 2 rings (SSSR count). The number of allylic oxidation sites excluding steroid dienone is 2. The number of rotatable bonds is 12. The largest absolute Gasteiger partial charge is 0.393 e. The number of carbonyl (C=O) groups is 1. The molecule has 0 aliphatic heterocycles. The van der Waals surface area contributed by atoms with Gasteiger partial charge in [-0.25, -0.2) is 0 Å². The molecule has 1 fully saturated rings. The molecule has 0 saturated heterocycles. The number of carbonyl (C=O) groups excluding carboxylic acids is 1. The van der Waals surface area contributed by atoms with Gasteiger partial charge in [0, 0.05) is 25.3 Å². The molecular weight excluding hydrogens is 378 g/mol. The van der Waals surface area contributed by atoms with Crippen molar-refractivity contribution < 1.29 is 20.1 Å². The van der Waals surface area contributed by atoms with E-state index in [2.05, 4.69) is 5.32 Å². The standard InChI is InChI=1S/C25H37NO4/c1-2-26-25(30)13-9-4-3-8-12-21-22(24(29)18-23(21)28)17-16-20(27)15-14-19-10-6-5-7-11-19/h3,5-8,10-11,16-17,20-24,27-29H,2,4,9,12-15,18H2,1H3,(H,26,30)/b8-3-,17-16+/t20-,21+,22-,23-,24+/m1/s1. The van der Waals surface area contributed by atoms with Crippen molar-refractivity contribution in [2.75, 3.05) is 6.54 Å². The highest BCUT2D eigenvalue weighted by Crippen LogP contribution is 2.36. The van der Waals surface area contributed by atoms with Crippen LogP contribution in [0, 0.1) is 11.8 Å². The molecule has 1 aliphatic rings. The highest BCUT2D eigenvalue weighted by Gasteiger charge is 2.39. The first-order chi connectivity index (χ1) is 14.5. The van der Waals surface area contributed by atoms with Crippen LogP contribution in [0.2, 0.25) is 0 Å². The van der Waals surface area contributed by atoms with Crippen LogP contribution in [0.5, 0.6) is 0 Å². The van der Waals surface area contributed by atoms with Crippen LogP contribution in [0.15, 0.2) is 54.6 Å². The Morgan fingerprint density at radius 3 is 2.70 bits per heavy atom. The van der Waals surface area contributed by atoms with Crippen LogP contribution in [0.4, 0.5) is 0 Å². The molecule has 1 amide bonds. The van der Waals surface area contributed by atoms with Gasteiger partial charge in [-0.15, -0.1) is 0 Å². The van der Waals surface area contributed by atoms with Gasteiger partial charge >= 0.3 is 0 Å². The number of hydrogen-bond donors (Lipinski definition) is 4. The number of aryl methyl sites for hydroxylation is 1. The minimum absolute atomic E-state index is 0.0581. The molecule has 1 aromatic carbocycles. The number of unbranched alkanes of at least 4 members (excludes halogenated alkanes) is 1. The predicted octanol–water partition coefficient (Wildman–Crippen LogP) is 3.15. The molecule has 0 spiro atoms. The van der Waals surface area contributed by atoms with Gasteiger partial charge in [-0.05, 0) is 50.5 Å². The van der Waals surface area contributed by atoms with Crippen molar-refractivity contribution in [3.8, 4) is 0 Å². The number of aliphatic hydroxyl groups is 3. The van der Waals surface area contributed by atoms with Crippen molar-refractivity contribution in [1.82, 2.24) is 5.32 Å². The highest BCUT2D eigenvalue weighted by molar-refractivity contribution is 5.75. The number of nitrogens with one attached hydrogen (secondary N) is 1. The third kappa shape index (κ3) is 8.42. The van der Waals surface area contributed by atoms with Crippen molar-refractivity contribution >= 4 is 5.91 Å². The van der Waals surface area contributed by atoms with Crippen LogP contribution in [0.25, 0.3) is 0 Å². The Hall–Kier alpha value is -1.95. The van der Waals surface area contributed by atoms with E-state index in [0.29, 0.717) is 32.2 Å². The summed E-state index contributed by atoms with van der Waals surface area (Å²) in [5, 5.41) is 33.8. The Labute approximate surface area is 180 Å². The number of amides is 1. The average molecular weight is 416 g/mol. The minimum Gasteiger partial charge on any atom is -0.393 e. The van der Waals surface area contributed by atoms with Gasteiger partial charge in [0.2, 0.25) is 5.91 Å². The summed E-state index contributed by atoms with van der Waals surface area (Å²) in [5.74, 6) is -0.139. The molecule has 0 aromatic heterocycles. The van der Waals surface area contributed by atoms with E-state index >= 15 is 0 Å². The van der Waals surface area contributed by atoms with Crippen LogP contribution >= 0.6 is 0 Å². The first-order valence-electron chi connectivity index (χ1n) is 11.2. The third-order valence-electron chi connectivity index (χ3n) is 5.77. The van der Waals surface area contributed by atoms with Gasteiger partial charge in [-0.1, -0.05) is 54.6 Å². The Kier molecular flexibility index (Phi) is 10.8. The van der Waals surface area contributed by atoms with E-state index in [1.54, 1.807) is 6.08 Å². The zero-order valence-corrected chi connectivity index (χ0v) is 18.0. The smallest absolute Gasteiger partial charge is 0.219 e. The zero-order chi connectivity index (χ0) is 21.8. The SMILES string of the molecule is CCNC(=O)CCC/C=C\C[C@H]1[C@@H](/C=C/[C@H](O)CCc2ccccc2)[C@@H](O)C[C@H]1O. The number of aliphatic hydroxyl groups excluding tert-OH is 3. The van der Waals surface area contributed by atoms with E-state index in [1.807, 2.05) is 55.5 Å². The number of benzene rings is 1. The van der Waals surface area contributed by atoms with Gasteiger partial charge in [-0.3, -0.25) is 4.79 Å². The van der Waals surface area contributed by atoms with Crippen LogP contribution < -0.4 is 5.32 Å². The summed E-state index contributed by atoms with van der Waals surface area (Å²) < 4.78 is 0. The molecule has 5 nitrogen and oxygen atoms in total. The fraction of sp³-hybridized carbons (Fsp3) is 0.560. The van der Waals surface area contributed by atoms with Crippen molar-refractivity contribution in [3.63, 3.8) is 0 Å². The fourth-order valence-electron chi connectivity index (χ4n) is 4.06. The molecule has 0 unspecified atom stereocenters. The second kappa shape index (κ2) is 13.4. The van der Waals surface area contributed by atoms with Gasteiger partial charge in [0.15, 0.2) is 0 Å². The molecule has 0 bridgehead atoms. The average Bonchev–Trinajstić information content (AvgIpc) is 3.00. The van der Waals surface area contributed by atoms with Gasteiger partial charge in [0.25, 0.3) is 0 Å². The van der Waals surface area contributed by atoms with E-state index in [4.69, 9.17) is 0 Å². The summed E-state index contributed by atoms with van der Waals surface area (Å²) in [6, 6.07) is 10.1. The first kappa shape index (κ1) is 24.3. The second-order valence-corrected chi connectivity index (χ2v) is 8.14. The molecule has 1 aromatic rings. The maximum atomic E-state index is 11.4. The van der Waals surface area contributed by atoms with Crippen LogP contribution in [0.1, 0.15) is 51.0 Å². The summed E-state index contributed by atoms with van der Waals surface area (Å²) in [4.78, 5) is 11.4. The molecule has 30 heavy (non-hydrogen) atoms. The minimum atomic E-state index is -0.589. The summed E-state index contributed by atoms with van der Waals surface area (Å²) in [6.07, 6.45) is 10.6. The lowest BCUT2D eigenvalue weighted by Crippen LogP contribution is -2.21. The molecular formula is C25H37NO4. The molecule has 5 atom stereocenters. The Morgan fingerprint density at radius 1 is 1.20 bits per heavy atom. The highest BCUT2D eigenvalue weighted by atomic mass is 16.3. The van der Waals surface area contributed by atoms with Gasteiger partial charge in [0.05, 0.1) is 18.3 Å². The maximum Gasteiger partial charge on any atom is 0.219 e. The molecule has 5 heteroatoms. The number of hydrogen-bond acceptors (Lipinski definition) is 4. The van der Waals surface area contributed by atoms with E-state index < -0.39 is 18.3 Å². The molecule has 0 heterocycles. The normalized spacial score (nSPS) is 25.2. The van der Waals surface area contributed by atoms with Crippen LogP contribution in [0.3, 0.4) is 0 Å². The van der Waals surface area contributed by atoms with E-state index in [0.717, 1.165) is 19.3 Å². The second-order valence-electron chi connectivity index (χ2n) is 8.14. The summed E-state index contributed by atoms with van der Waals surface area (Å²) in [5.41, 5.74) is 1.19. The predicted molar refractivity (Wildman–Crippen MR) is 120 cm³/mol.